The van der Waals surface area contributed by atoms with Gasteiger partial charge in [0.1, 0.15) is 18.2 Å². The first-order valence-electron chi connectivity index (χ1n) is 48.9. The van der Waals surface area contributed by atoms with Crippen molar-refractivity contribution < 1.29 is 0 Å². The number of fused-ring (bicyclic) bond motifs is 18. The van der Waals surface area contributed by atoms with Crippen LogP contribution in [0, 0.1) is 102 Å². The van der Waals surface area contributed by atoms with Crippen LogP contribution in [0.25, 0.3) is 232 Å². The molecule has 0 spiro atoms. The van der Waals surface area contributed by atoms with Crippen LogP contribution in [0.3, 0.4) is 0 Å². The predicted molar refractivity (Wildman–Crippen MR) is 600 cm³/mol. The van der Waals surface area contributed by atoms with Gasteiger partial charge in [-0.15, -0.1) is 0 Å². The minimum absolute atomic E-state index is 0.330. The molecule has 0 aliphatic rings. The van der Waals surface area contributed by atoms with Crippen molar-refractivity contribution in [1.29, 1.82) is 47.4 Å². The molecule has 0 saturated carbocycles. The standard InChI is InChI=1S/3C45H25N5/c46-26-29-17-20-34(35-9-1-7-15-43(35)50-44-16-8-4-12-38(44)40-24-30(27-47)18-22-45(40)50)39(23-29)33-21-19-32(25-31(33)28-48)49-41-13-5-2-10-36(41)37-11-3-6-14-42(37)49;46-26-29-17-24-44-38(25-29)36-12-4-8-16-43(36)50(44)42-15-7-3-11-35(42)37-23-20-31(27-47)39(28-48)45(37)30-18-21-32(22-19-30)49-40-13-5-1-9-33(40)34-10-2-6-14-41(34)49;46-26-29-17-20-33(31-19-22-40(32(25-31)28-48)49-41-13-5-1-9-34(41)35-10-2-6-14-42(35)49)38(23-29)36-11-3-7-15-43(36)50-44-16-8-4-12-37(44)39-24-30(27-47)18-21-45(39)50/h3*1-25H. The molecule has 0 aliphatic heterocycles. The van der Waals surface area contributed by atoms with Gasteiger partial charge in [-0.3, -0.25) is 0 Å². The fourth-order valence-electron chi connectivity index (χ4n) is 22.4. The Morgan fingerprint density at radius 1 is 0.140 bits per heavy atom. The molecule has 0 atom stereocenters. The van der Waals surface area contributed by atoms with Gasteiger partial charge in [0.15, 0.2) is 0 Å². The van der Waals surface area contributed by atoms with E-state index in [1.165, 1.54) is 10.8 Å². The zero-order valence-electron chi connectivity index (χ0n) is 80.0. The van der Waals surface area contributed by atoms with Gasteiger partial charge in [-0.1, -0.05) is 261 Å². The van der Waals surface area contributed by atoms with Crippen LogP contribution >= 0.6 is 0 Å². The Balaban J connectivity index is 0.000000116. The monoisotopic (exact) mass is 1910 g/mol. The lowest BCUT2D eigenvalue weighted by Crippen LogP contribution is -2.00. The van der Waals surface area contributed by atoms with Crippen molar-refractivity contribution in [2.45, 2.75) is 0 Å². The Bertz CT molecular complexity index is 10700. The third-order valence-corrected chi connectivity index (χ3v) is 28.9. The fraction of sp³-hybridized carbons (Fsp3) is 0. The van der Waals surface area contributed by atoms with E-state index < -0.39 is 0 Å². The maximum absolute atomic E-state index is 10.6. The van der Waals surface area contributed by atoms with Gasteiger partial charge in [-0.2, -0.15) is 47.4 Å². The lowest BCUT2D eigenvalue weighted by molar-refractivity contribution is 1.17. The molecule has 0 unspecified atom stereocenters. The molecule has 0 bridgehead atoms. The maximum Gasteiger partial charge on any atom is 0.101 e. The Hall–Kier alpha value is -22.2. The van der Waals surface area contributed by atoms with Crippen LogP contribution in [-0.4, -0.2) is 27.4 Å². The summed E-state index contributed by atoms with van der Waals surface area (Å²) in [7, 11) is 0. The van der Waals surface area contributed by atoms with Gasteiger partial charge in [0.2, 0.25) is 0 Å². The van der Waals surface area contributed by atoms with Crippen LogP contribution in [0.1, 0.15) is 50.1 Å². The van der Waals surface area contributed by atoms with E-state index in [1.807, 2.05) is 255 Å². The number of para-hydroxylation sites is 12. The van der Waals surface area contributed by atoms with E-state index in [0.717, 1.165) is 215 Å². The first kappa shape index (κ1) is 89.2. The molecule has 27 rings (SSSR count). The van der Waals surface area contributed by atoms with E-state index in [1.54, 1.807) is 6.07 Å². The largest absolute Gasteiger partial charge is 0.309 e. The SMILES string of the molecule is N#Cc1ccc(-c2ccc(-n3c4ccccc4c4ccccc43)c(C#N)c2)c(-c2ccccc2-n2c3ccccc3c3cc(C#N)ccc32)c1.N#Cc1ccc(-c2ccccc2-n2c3ccccc3c3cc(C#N)ccc32)c(-c2ccc(-n3c4ccccc4c4ccccc43)cc2C#N)c1.N#Cc1ccc2c(c1)c1ccccc1n2-c1ccccc1-c1ccc(C#N)c(C#N)c1-c1ccc(-n2c3ccccc3c3ccccc32)cc1. The maximum atomic E-state index is 10.6. The molecule has 0 aliphatic carbocycles. The minimum atomic E-state index is 0.330. The lowest BCUT2D eigenvalue weighted by atomic mass is 9.87. The molecule has 0 fully saturated rings. The second kappa shape index (κ2) is 37.0. The normalized spacial score (nSPS) is 11.1. The summed E-state index contributed by atoms with van der Waals surface area (Å²) in [6.07, 6.45) is 0. The van der Waals surface area contributed by atoms with Crippen LogP contribution in [0.15, 0.2) is 455 Å². The van der Waals surface area contributed by atoms with Crippen molar-refractivity contribution >= 4 is 131 Å². The van der Waals surface area contributed by atoms with Gasteiger partial charge in [0, 0.05) is 104 Å². The minimum Gasteiger partial charge on any atom is -0.309 e. The first-order chi connectivity index (χ1) is 74.0. The lowest BCUT2D eigenvalue weighted by Gasteiger charge is -2.19. The highest BCUT2D eigenvalue weighted by atomic mass is 15.0. The summed E-state index contributed by atoms with van der Waals surface area (Å²) in [5.41, 5.74) is 32.9. The zero-order valence-corrected chi connectivity index (χ0v) is 80.0. The van der Waals surface area contributed by atoms with E-state index in [4.69, 9.17) is 0 Å². The van der Waals surface area contributed by atoms with Crippen molar-refractivity contribution in [3.8, 4) is 156 Å². The summed E-state index contributed by atoms with van der Waals surface area (Å²) < 4.78 is 13.3. The summed E-state index contributed by atoms with van der Waals surface area (Å²) in [5.74, 6) is 0. The molecule has 150 heavy (non-hydrogen) atoms. The van der Waals surface area contributed by atoms with Crippen LogP contribution in [0.4, 0.5) is 0 Å². The van der Waals surface area contributed by atoms with E-state index in [9.17, 15) is 47.4 Å². The van der Waals surface area contributed by atoms with Crippen LogP contribution in [-0.2, 0) is 0 Å². The molecule has 21 aromatic carbocycles. The highest BCUT2D eigenvalue weighted by Crippen LogP contribution is 2.49. The fourth-order valence-corrected chi connectivity index (χ4v) is 22.4. The average Bonchev–Trinajstić information content (AvgIpc) is 1.68. The number of benzene rings is 21. The summed E-state index contributed by atoms with van der Waals surface area (Å²) >= 11 is 0. The van der Waals surface area contributed by atoms with Gasteiger partial charge in [-0.25, -0.2) is 0 Å². The van der Waals surface area contributed by atoms with E-state index in [0.29, 0.717) is 55.6 Å². The quantitative estimate of drug-likeness (QED) is 0.113. The highest BCUT2D eigenvalue weighted by molar-refractivity contribution is 6.16. The van der Waals surface area contributed by atoms with Gasteiger partial charge in [-0.05, 0) is 233 Å². The molecule has 15 nitrogen and oxygen atoms in total. The molecule has 15 heteroatoms. The summed E-state index contributed by atoms with van der Waals surface area (Å²) in [6, 6.07) is 173. The Labute approximate surface area is 860 Å². The molecule has 0 radical (unpaired) electrons. The van der Waals surface area contributed by atoms with E-state index >= 15 is 0 Å². The Morgan fingerprint density at radius 2 is 0.420 bits per heavy atom. The molecule has 6 heterocycles. The zero-order chi connectivity index (χ0) is 101. The van der Waals surface area contributed by atoms with Crippen LogP contribution in [0.5, 0.6) is 0 Å². The molecule has 0 saturated heterocycles. The summed E-state index contributed by atoms with van der Waals surface area (Å²) in [6.45, 7) is 0. The van der Waals surface area contributed by atoms with Crippen molar-refractivity contribution in [3.05, 3.63) is 505 Å². The Morgan fingerprint density at radius 3 is 0.800 bits per heavy atom. The third-order valence-electron chi connectivity index (χ3n) is 28.9. The molecule has 690 valence electrons. The number of rotatable bonds is 12. The topological polar surface area (TPSA) is 244 Å². The van der Waals surface area contributed by atoms with Crippen molar-refractivity contribution in [1.82, 2.24) is 27.4 Å². The van der Waals surface area contributed by atoms with Gasteiger partial charge in [0.25, 0.3) is 0 Å². The van der Waals surface area contributed by atoms with Crippen molar-refractivity contribution in [3.63, 3.8) is 0 Å². The predicted octanol–water partition coefficient (Wildman–Crippen LogP) is 32.5. The number of hydrogen-bond acceptors (Lipinski definition) is 9. The summed E-state index contributed by atoms with van der Waals surface area (Å²) in [4.78, 5) is 0. The van der Waals surface area contributed by atoms with Crippen LogP contribution in [0.2, 0.25) is 0 Å². The third kappa shape index (κ3) is 14.7. The Kier molecular flexibility index (Phi) is 22.0. The molecular weight excluding hydrogens is 1830 g/mol. The first-order valence-corrected chi connectivity index (χ1v) is 48.9. The smallest absolute Gasteiger partial charge is 0.101 e. The molecule has 27 aromatic rings. The molecule has 0 N–H and O–H groups in total. The number of nitrogens with zero attached hydrogens (tertiary/aromatic N) is 15. The number of nitriles is 9. The molecular formula is C135H75N15. The van der Waals surface area contributed by atoms with Gasteiger partial charge < -0.3 is 27.4 Å². The number of aromatic nitrogens is 6. The van der Waals surface area contributed by atoms with Crippen molar-refractivity contribution in [2.75, 3.05) is 0 Å². The number of hydrogen-bond donors (Lipinski definition) is 0. The van der Waals surface area contributed by atoms with Crippen molar-refractivity contribution in [2.24, 2.45) is 0 Å². The van der Waals surface area contributed by atoms with E-state index in [-0.39, 0.29) is 0 Å². The average molecular weight is 1910 g/mol. The highest BCUT2D eigenvalue weighted by Gasteiger charge is 2.28. The van der Waals surface area contributed by atoms with Crippen LogP contribution < -0.4 is 0 Å². The second-order valence-electron chi connectivity index (χ2n) is 36.9. The molecule has 0 amide bonds. The second-order valence-corrected chi connectivity index (χ2v) is 36.9. The van der Waals surface area contributed by atoms with E-state index in [2.05, 4.69) is 276 Å². The van der Waals surface area contributed by atoms with Gasteiger partial charge in [0.05, 0.1) is 175 Å². The van der Waals surface area contributed by atoms with Gasteiger partial charge >= 0.3 is 0 Å². The summed E-state index contributed by atoms with van der Waals surface area (Å²) in [5, 5.41) is 104. The molecule has 6 aromatic heterocycles.